The summed E-state index contributed by atoms with van der Waals surface area (Å²) in [5.41, 5.74) is 11.5. The second-order valence-corrected chi connectivity index (χ2v) is 14.7. The van der Waals surface area contributed by atoms with Gasteiger partial charge in [-0.1, -0.05) is 97.1 Å². The van der Waals surface area contributed by atoms with E-state index in [4.69, 9.17) is 19.7 Å². The SMILES string of the molecule is [C-]#[N+]c1ccc(-c2ccc3c4ccccc4n(-c4c(-c5cccc(C#N)c5)ccc(-n5c6ccccc6c6ccc(-c7ccc(C#N)cc7[N+]#[C-])cc65)c4[N+]#[C-])c3c2)c(C#N)c1. The summed E-state index contributed by atoms with van der Waals surface area (Å²) in [5, 5.41) is 33.6. The van der Waals surface area contributed by atoms with Crippen molar-refractivity contribution in [3.8, 4) is 63.0 Å². The predicted octanol–water partition coefficient (Wildman–Crippen LogP) is 14.1. The standard InChI is InChI=1S/C54H26N8/c1-58-39-18-22-40(38(27-39)32-57)36-16-20-46-44-12-5-7-14-49(44)62(52(46)28-36)54-42(35-10-8-9-33(25-35)30-55)23-24-50(53(54)60-3)61-48-13-6-4-11-43(48)45-21-17-37(29-51(45)61)41-19-15-34(31-56)26-47(41)59-2/h4-29H. The van der Waals surface area contributed by atoms with Gasteiger partial charge < -0.3 is 9.13 Å². The van der Waals surface area contributed by atoms with Crippen molar-refractivity contribution in [1.29, 1.82) is 15.8 Å². The van der Waals surface area contributed by atoms with Crippen LogP contribution in [0.5, 0.6) is 0 Å². The molecule has 0 atom stereocenters. The Balaban J connectivity index is 1.33. The van der Waals surface area contributed by atoms with Crippen LogP contribution in [-0.2, 0) is 0 Å². The van der Waals surface area contributed by atoms with Crippen LogP contribution in [0, 0.1) is 53.7 Å². The van der Waals surface area contributed by atoms with Crippen LogP contribution in [0.3, 0.4) is 0 Å². The largest absolute Gasteiger partial charge is 0.319 e. The van der Waals surface area contributed by atoms with E-state index in [1.807, 2.05) is 109 Å². The number of fused-ring (bicyclic) bond motifs is 6. The molecule has 0 N–H and O–H groups in total. The zero-order chi connectivity index (χ0) is 42.5. The van der Waals surface area contributed by atoms with Crippen molar-refractivity contribution in [2.75, 3.05) is 0 Å². The van der Waals surface area contributed by atoms with E-state index in [9.17, 15) is 15.8 Å². The van der Waals surface area contributed by atoms with Gasteiger partial charge in [-0.3, -0.25) is 0 Å². The quantitative estimate of drug-likeness (QED) is 0.163. The number of hydrogen-bond donors (Lipinski definition) is 0. The highest BCUT2D eigenvalue weighted by molar-refractivity contribution is 6.14. The summed E-state index contributed by atoms with van der Waals surface area (Å²) in [5.74, 6) is 0. The highest BCUT2D eigenvalue weighted by Gasteiger charge is 2.25. The number of para-hydroxylation sites is 2. The lowest BCUT2D eigenvalue weighted by molar-refractivity contribution is 1.15. The van der Waals surface area contributed by atoms with Gasteiger partial charge in [0.2, 0.25) is 5.69 Å². The molecule has 0 unspecified atom stereocenters. The molecule has 62 heavy (non-hydrogen) atoms. The molecule has 0 fully saturated rings. The van der Waals surface area contributed by atoms with Gasteiger partial charge in [-0.25, -0.2) is 14.5 Å². The molecular formula is C54H26N8. The van der Waals surface area contributed by atoms with E-state index >= 15 is 0 Å². The predicted molar refractivity (Wildman–Crippen MR) is 244 cm³/mol. The Kier molecular flexibility index (Phi) is 8.62. The van der Waals surface area contributed by atoms with Crippen molar-refractivity contribution in [3.63, 3.8) is 0 Å². The van der Waals surface area contributed by atoms with E-state index in [1.165, 1.54) is 0 Å². The monoisotopic (exact) mass is 786 g/mol. The topological polar surface area (TPSA) is 94.3 Å². The third-order valence-corrected chi connectivity index (χ3v) is 11.5. The Bertz CT molecular complexity index is 3840. The maximum atomic E-state index is 10.2. The molecule has 0 saturated heterocycles. The molecule has 0 aliphatic rings. The average molecular weight is 787 g/mol. The van der Waals surface area contributed by atoms with Gasteiger partial charge in [-0.2, -0.15) is 15.8 Å². The number of benzene rings is 8. The first-order valence-electron chi connectivity index (χ1n) is 19.4. The van der Waals surface area contributed by atoms with Gasteiger partial charge >= 0.3 is 0 Å². The molecule has 282 valence electrons. The highest BCUT2D eigenvalue weighted by atomic mass is 15.1. The fraction of sp³-hybridized carbons (Fsp3) is 0. The van der Waals surface area contributed by atoms with Crippen LogP contribution in [0.1, 0.15) is 16.7 Å². The van der Waals surface area contributed by atoms with Gasteiger partial charge in [-0.05, 0) is 94.0 Å². The number of nitrogens with zero attached hydrogens (tertiary/aromatic N) is 8. The summed E-state index contributed by atoms with van der Waals surface area (Å²) in [6.45, 7) is 24.5. The lowest BCUT2D eigenvalue weighted by Gasteiger charge is -2.20. The van der Waals surface area contributed by atoms with Gasteiger partial charge in [-0.15, -0.1) is 0 Å². The van der Waals surface area contributed by atoms with Crippen molar-refractivity contribution in [3.05, 3.63) is 209 Å². The van der Waals surface area contributed by atoms with Crippen LogP contribution < -0.4 is 0 Å². The number of rotatable bonds is 5. The lowest BCUT2D eigenvalue weighted by Crippen LogP contribution is -2.03. The van der Waals surface area contributed by atoms with E-state index in [2.05, 4.69) is 54.0 Å². The van der Waals surface area contributed by atoms with Gasteiger partial charge in [0.05, 0.1) is 76.9 Å². The number of aromatic nitrogens is 2. The molecule has 10 rings (SSSR count). The summed E-state index contributed by atoms with van der Waals surface area (Å²) in [6.07, 6.45) is 0. The zero-order valence-corrected chi connectivity index (χ0v) is 32.6. The molecule has 10 aromatic rings. The van der Waals surface area contributed by atoms with E-state index in [0.717, 1.165) is 65.9 Å². The van der Waals surface area contributed by atoms with Crippen molar-refractivity contribution in [2.45, 2.75) is 0 Å². The minimum atomic E-state index is 0.366. The summed E-state index contributed by atoms with van der Waals surface area (Å²) in [6, 6.07) is 56.6. The van der Waals surface area contributed by atoms with Crippen LogP contribution in [0.4, 0.5) is 17.1 Å². The minimum Gasteiger partial charge on any atom is -0.319 e. The van der Waals surface area contributed by atoms with E-state index < -0.39 is 0 Å². The number of hydrogen-bond acceptors (Lipinski definition) is 3. The smallest absolute Gasteiger partial charge is 0.234 e. The molecule has 0 radical (unpaired) electrons. The normalized spacial score (nSPS) is 10.8. The zero-order valence-electron chi connectivity index (χ0n) is 32.6. The molecule has 0 amide bonds. The van der Waals surface area contributed by atoms with E-state index in [-0.39, 0.29) is 0 Å². The molecule has 0 aliphatic carbocycles. The molecule has 8 nitrogen and oxygen atoms in total. The van der Waals surface area contributed by atoms with Gasteiger partial charge in [0.1, 0.15) is 0 Å². The van der Waals surface area contributed by atoms with Crippen LogP contribution >= 0.6 is 0 Å². The van der Waals surface area contributed by atoms with Crippen molar-refractivity contribution < 1.29 is 0 Å². The van der Waals surface area contributed by atoms with Gasteiger partial charge in [0, 0.05) is 32.7 Å². The molecule has 2 aromatic heterocycles. The maximum Gasteiger partial charge on any atom is 0.234 e. The molecule has 2 heterocycles. The van der Waals surface area contributed by atoms with Gasteiger partial charge in [0.15, 0.2) is 11.4 Å². The van der Waals surface area contributed by atoms with Crippen LogP contribution in [-0.4, -0.2) is 9.13 Å². The van der Waals surface area contributed by atoms with Gasteiger partial charge in [0.25, 0.3) is 0 Å². The second kappa shape index (κ2) is 14.6. The Hall–Kier alpha value is -9.70. The second-order valence-electron chi connectivity index (χ2n) is 14.7. The first-order chi connectivity index (χ1) is 30.5. The molecule has 0 bridgehead atoms. The van der Waals surface area contributed by atoms with E-state index in [0.29, 0.717) is 56.3 Å². The first-order valence-corrected chi connectivity index (χ1v) is 19.4. The molecule has 0 aliphatic heterocycles. The Labute approximate surface area is 355 Å². The fourth-order valence-electron chi connectivity index (χ4n) is 8.74. The maximum absolute atomic E-state index is 10.2. The Morgan fingerprint density at radius 3 is 1.68 bits per heavy atom. The van der Waals surface area contributed by atoms with Crippen molar-refractivity contribution in [2.24, 2.45) is 0 Å². The molecule has 8 heteroatoms. The molecule has 8 aromatic carbocycles. The third-order valence-electron chi connectivity index (χ3n) is 11.5. The molecule has 0 spiro atoms. The van der Waals surface area contributed by atoms with Crippen LogP contribution in [0.2, 0.25) is 0 Å². The number of nitriles is 3. The highest BCUT2D eigenvalue weighted by Crippen LogP contribution is 2.47. The summed E-state index contributed by atoms with van der Waals surface area (Å²) < 4.78 is 4.23. The Morgan fingerprint density at radius 2 is 1.02 bits per heavy atom. The lowest BCUT2D eigenvalue weighted by atomic mass is 9.97. The van der Waals surface area contributed by atoms with Crippen molar-refractivity contribution in [1.82, 2.24) is 9.13 Å². The first kappa shape index (κ1) is 36.6. The van der Waals surface area contributed by atoms with Crippen LogP contribution in [0.25, 0.3) is 103 Å². The van der Waals surface area contributed by atoms with Crippen molar-refractivity contribution >= 4 is 60.7 Å². The Morgan fingerprint density at radius 1 is 0.419 bits per heavy atom. The summed E-state index contributed by atoms with van der Waals surface area (Å²) >= 11 is 0. The molecular weight excluding hydrogens is 761 g/mol. The fourth-order valence-corrected chi connectivity index (χ4v) is 8.74. The summed E-state index contributed by atoms with van der Waals surface area (Å²) in [4.78, 5) is 11.7. The minimum absolute atomic E-state index is 0.366. The average Bonchev–Trinajstić information content (AvgIpc) is 3.84. The van der Waals surface area contributed by atoms with E-state index in [1.54, 1.807) is 36.4 Å². The van der Waals surface area contributed by atoms with Crippen LogP contribution in [0.15, 0.2) is 158 Å². The molecule has 0 saturated carbocycles. The summed E-state index contributed by atoms with van der Waals surface area (Å²) in [7, 11) is 0. The third kappa shape index (κ3) is 5.63.